The molecule has 0 atom stereocenters. The molecule has 0 saturated carbocycles. The number of hydrogen-bond acceptors (Lipinski definition) is 2. The van der Waals surface area contributed by atoms with E-state index in [1.807, 2.05) is 25.1 Å². The summed E-state index contributed by atoms with van der Waals surface area (Å²) in [5, 5.41) is 4.57. The second-order valence-electron chi connectivity index (χ2n) is 3.30. The summed E-state index contributed by atoms with van der Waals surface area (Å²) in [6.45, 7) is 1.99. The third-order valence-corrected chi connectivity index (χ3v) is 2.67. The molecule has 2 nitrogen and oxygen atoms in total. The number of alkyl halides is 1. The van der Waals surface area contributed by atoms with Gasteiger partial charge in [0.15, 0.2) is 5.76 Å². The van der Waals surface area contributed by atoms with Crippen LogP contribution in [-0.2, 0) is 5.88 Å². The maximum absolute atomic E-state index is 6.10. The molecule has 0 N–H and O–H groups in total. The fourth-order valence-corrected chi connectivity index (χ4v) is 1.79. The van der Waals surface area contributed by atoms with Crippen molar-refractivity contribution in [2.45, 2.75) is 12.8 Å². The average Bonchev–Trinajstić information content (AvgIpc) is 2.66. The summed E-state index contributed by atoms with van der Waals surface area (Å²) >= 11 is 11.7. The van der Waals surface area contributed by atoms with Crippen molar-refractivity contribution in [3.05, 3.63) is 40.6 Å². The lowest BCUT2D eigenvalue weighted by atomic mass is 10.1. The Labute approximate surface area is 97.8 Å². The van der Waals surface area contributed by atoms with Crippen LogP contribution < -0.4 is 0 Å². The van der Waals surface area contributed by atoms with E-state index in [9.17, 15) is 0 Å². The van der Waals surface area contributed by atoms with Crippen LogP contribution >= 0.6 is 23.2 Å². The van der Waals surface area contributed by atoms with Gasteiger partial charge in [0.05, 0.1) is 10.9 Å². The highest BCUT2D eigenvalue weighted by atomic mass is 35.5. The zero-order valence-corrected chi connectivity index (χ0v) is 9.64. The monoisotopic (exact) mass is 241 g/mol. The van der Waals surface area contributed by atoms with E-state index in [4.69, 9.17) is 27.7 Å². The molecule has 0 aliphatic rings. The Balaban J connectivity index is 2.44. The maximum atomic E-state index is 6.10. The fraction of sp³-hybridized carbons (Fsp3) is 0.182. The third-order valence-electron chi connectivity index (χ3n) is 2.09. The Bertz CT molecular complexity index is 479. The van der Waals surface area contributed by atoms with E-state index in [0.29, 0.717) is 16.7 Å². The highest BCUT2D eigenvalue weighted by molar-refractivity contribution is 6.33. The van der Waals surface area contributed by atoms with Gasteiger partial charge in [-0.15, -0.1) is 11.6 Å². The number of benzene rings is 1. The largest absolute Gasteiger partial charge is 0.359 e. The van der Waals surface area contributed by atoms with Crippen LogP contribution in [0.1, 0.15) is 11.3 Å². The van der Waals surface area contributed by atoms with Crippen LogP contribution in [0.15, 0.2) is 28.8 Å². The first kappa shape index (κ1) is 10.5. The molecule has 0 bridgehead atoms. The fourth-order valence-electron chi connectivity index (χ4n) is 1.33. The Morgan fingerprint density at radius 1 is 1.33 bits per heavy atom. The molecule has 0 radical (unpaired) electrons. The zero-order chi connectivity index (χ0) is 10.8. The van der Waals surface area contributed by atoms with Gasteiger partial charge in [-0.1, -0.05) is 28.9 Å². The van der Waals surface area contributed by atoms with E-state index >= 15 is 0 Å². The van der Waals surface area contributed by atoms with E-state index in [1.54, 1.807) is 6.07 Å². The maximum Gasteiger partial charge on any atom is 0.152 e. The van der Waals surface area contributed by atoms with E-state index in [-0.39, 0.29) is 0 Å². The molecule has 0 fully saturated rings. The minimum Gasteiger partial charge on any atom is -0.359 e. The van der Waals surface area contributed by atoms with Crippen molar-refractivity contribution in [1.82, 2.24) is 5.16 Å². The number of nitrogens with zero attached hydrogens (tertiary/aromatic N) is 1. The van der Waals surface area contributed by atoms with Crippen molar-refractivity contribution >= 4 is 23.2 Å². The summed E-state index contributed by atoms with van der Waals surface area (Å²) in [6.07, 6.45) is 0. The first-order valence-corrected chi connectivity index (χ1v) is 5.40. The number of rotatable bonds is 2. The molecule has 0 saturated heterocycles. The third kappa shape index (κ3) is 2.16. The Hall–Kier alpha value is -0.990. The number of aromatic nitrogens is 1. The van der Waals surface area contributed by atoms with Gasteiger partial charge in [0.2, 0.25) is 0 Å². The molecule has 4 heteroatoms. The van der Waals surface area contributed by atoms with E-state index < -0.39 is 0 Å². The molecule has 2 aromatic rings. The summed E-state index contributed by atoms with van der Waals surface area (Å²) in [6, 6.07) is 7.60. The van der Waals surface area contributed by atoms with Crippen molar-refractivity contribution in [3.8, 4) is 11.3 Å². The predicted octanol–water partition coefficient (Wildman–Crippen LogP) is 4.04. The molecule has 0 spiro atoms. The molecule has 0 aliphatic carbocycles. The average molecular weight is 242 g/mol. The van der Waals surface area contributed by atoms with Gasteiger partial charge in [-0.3, -0.25) is 0 Å². The van der Waals surface area contributed by atoms with Crippen LogP contribution in [-0.4, -0.2) is 5.16 Å². The lowest BCUT2D eigenvalue weighted by Crippen LogP contribution is -1.80. The van der Waals surface area contributed by atoms with Crippen molar-refractivity contribution < 1.29 is 4.52 Å². The first-order chi connectivity index (χ1) is 7.20. The highest BCUT2D eigenvalue weighted by Crippen LogP contribution is 2.28. The van der Waals surface area contributed by atoms with Crippen LogP contribution in [0, 0.1) is 6.92 Å². The SMILES string of the molecule is Cc1ccc(-c2cc(CCl)on2)c(Cl)c1. The predicted molar refractivity (Wildman–Crippen MR) is 61.2 cm³/mol. The van der Waals surface area contributed by atoms with Crippen LogP contribution in [0.25, 0.3) is 11.3 Å². The molecular formula is C11H9Cl2NO. The standard InChI is InChI=1S/C11H9Cl2NO/c1-7-2-3-9(10(13)4-7)11-5-8(6-12)15-14-11/h2-5H,6H2,1H3. The Kier molecular flexibility index (Phi) is 2.98. The molecule has 0 unspecified atom stereocenters. The Morgan fingerprint density at radius 2 is 2.13 bits per heavy atom. The smallest absolute Gasteiger partial charge is 0.152 e. The summed E-state index contributed by atoms with van der Waals surface area (Å²) in [5.41, 5.74) is 2.70. The van der Waals surface area contributed by atoms with Gasteiger partial charge in [0.1, 0.15) is 5.69 Å². The second kappa shape index (κ2) is 4.25. The Morgan fingerprint density at radius 3 is 2.73 bits per heavy atom. The molecule has 1 aromatic heterocycles. The highest BCUT2D eigenvalue weighted by Gasteiger charge is 2.09. The summed E-state index contributed by atoms with van der Waals surface area (Å²) in [4.78, 5) is 0. The molecular weight excluding hydrogens is 233 g/mol. The minimum atomic E-state index is 0.316. The zero-order valence-electron chi connectivity index (χ0n) is 8.13. The van der Waals surface area contributed by atoms with Crippen molar-refractivity contribution in [3.63, 3.8) is 0 Å². The first-order valence-electron chi connectivity index (χ1n) is 4.49. The molecule has 15 heavy (non-hydrogen) atoms. The van der Waals surface area contributed by atoms with Gasteiger partial charge in [0.25, 0.3) is 0 Å². The van der Waals surface area contributed by atoms with Gasteiger partial charge < -0.3 is 4.52 Å². The molecule has 1 heterocycles. The van der Waals surface area contributed by atoms with Gasteiger partial charge in [0, 0.05) is 11.6 Å². The second-order valence-corrected chi connectivity index (χ2v) is 3.97. The van der Waals surface area contributed by atoms with Crippen LogP contribution in [0.4, 0.5) is 0 Å². The van der Waals surface area contributed by atoms with E-state index in [1.165, 1.54) is 0 Å². The van der Waals surface area contributed by atoms with Gasteiger partial charge in [-0.2, -0.15) is 0 Å². The van der Waals surface area contributed by atoms with E-state index in [2.05, 4.69) is 5.16 Å². The molecule has 2 rings (SSSR count). The summed E-state index contributed by atoms with van der Waals surface area (Å²) in [5.74, 6) is 0.958. The van der Waals surface area contributed by atoms with Gasteiger partial charge >= 0.3 is 0 Å². The molecule has 1 aromatic carbocycles. The van der Waals surface area contributed by atoms with Crippen LogP contribution in [0.2, 0.25) is 5.02 Å². The number of hydrogen-bond donors (Lipinski definition) is 0. The quantitative estimate of drug-likeness (QED) is 0.742. The van der Waals surface area contributed by atoms with Crippen LogP contribution in [0.3, 0.4) is 0 Å². The summed E-state index contributed by atoms with van der Waals surface area (Å²) in [7, 11) is 0. The topological polar surface area (TPSA) is 26.0 Å². The van der Waals surface area contributed by atoms with E-state index in [0.717, 1.165) is 16.8 Å². The lowest BCUT2D eigenvalue weighted by molar-refractivity contribution is 0.396. The summed E-state index contributed by atoms with van der Waals surface area (Å²) < 4.78 is 5.01. The lowest BCUT2D eigenvalue weighted by Gasteiger charge is -2.00. The van der Waals surface area contributed by atoms with Crippen molar-refractivity contribution in [2.24, 2.45) is 0 Å². The normalized spacial score (nSPS) is 10.6. The van der Waals surface area contributed by atoms with Gasteiger partial charge in [-0.25, -0.2) is 0 Å². The molecule has 78 valence electrons. The van der Waals surface area contributed by atoms with Gasteiger partial charge in [-0.05, 0) is 18.6 Å². The number of aryl methyl sites for hydroxylation is 1. The number of halogens is 2. The molecule has 0 amide bonds. The van der Waals surface area contributed by atoms with Crippen LogP contribution in [0.5, 0.6) is 0 Å². The minimum absolute atomic E-state index is 0.316. The molecule has 0 aliphatic heterocycles. The van der Waals surface area contributed by atoms with Crippen molar-refractivity contribution in [2.75, 3.05) is 0 Å². The van der Waals surface area contributed by atoms with Crippen molar-refractivity contribution in [1.29, 1.82) is 0 Å².